The predicted molar refractivity (Wildman–Crippen MR) is 91.7 cm³/mol. The molecule has 1 aromatic carbocycles. The second-order valence-electron chi connectivity index (χ2n) is 5.43. The van der Waals surface area contributed by atoms with Crippen molar-refractivity contribution in [1.82, 2.24) is 10.0 Å². The van der Waals surface area contributed by atoms with E-state index in [9.17, 15) is 18.0 Å². The van der Waals surface area contributed by atoms with E-state index in [0.29, 0.717) is 6.54 Å². The number of benzene rings is 1. The molecule has 25 heavy (non-hydrogen) atoms. The monoisotopic (exact) mass is 372 g/mol. The lowest BCUT2D eigenvalue weighted by atomic mass is 10.2. The van der Waals surface area contributed by atoms with E-state index in [1.54, 1.807) is 6.92 Å². The van der Waals surface area contributed by atoms with Crippen LogP contribution in [0.2, 0.25) is 0 Å². The van der Waals surface area contributed by atoms with Crippen LogP contribution >= 0.6 is 0 Å². The van der Waals surface area contributed by atoms with Gasteiger partial charge in [-0.2, -0.15) is 0 Å². The minimum absolute atomic E-state index is 0.0210. The Labute approximate surface area is 147 Å². The summed E-state index contributed by atoms with van der Waals surface area (Å²) < 4.78 is 36.6. The molecule has 0 unspecified atom stereocenters. The molecule has 0 aliphatic carbocycles. The molecule has 1 aromatic rings. The Bertz CT molecular complexity index is 672. The quantitative estimate of drug-likeness (QED) is 0.585. The number of sulfonamides is 1. The van der Waals surface area contributed by atoms with Crippen LogP contribution < -0.4 is 10.0 Å². The standard InChI is InChI=1S/C16H24N2O6S/c1-4-9-17-15(19)11-24-16(20)13-5-7-14(8-6-13)25(21,22)18-12(2)10-23-3/h5-8,12,18H,4,9-11H2,1-3H3,(H,17,19)/t12-/m1/s1. The summed E-state index contributed by atoms with van der Waals surface area (Å²) in [5.74, 6) is -1.08. The number of esters is 1. The number of carbonyl (C=O) groups is 2. The van der Waals surface area contributed by atoms with Crippen LogP contribution in [-0.4, -0.2) is 53.2 Å². The number of hydrogen-bond donors (Lipinski definition) is 2. The normalized spacial score (nSPS) is 12.4. The van der Waals surface area contributed by atoms with Crippen LogP contribution in [-0.2, 0) is 24.3 Å². The molecule has 1 rings (SSSR count). The first-order valence-electron chi connectivity index (χ1n) is 7.85. The molecule has 0 aromatic heterocycles. The molecule has 0 heterocycles. The van der Waals surface area contributed by atoms with E-state index in [1.165, 1.54) is 31.4 Å². The molecule has 2 N–H and O–H groups in total. The number of amides is 1. The van der Waals surface area contributed by atoms with Crippen LogP contribution in [0.15, 0.2) is 29.2 Å². The predicted octanol–water partition coefficient (Wildman–Crippen LogP) is 0.683. The molecule has 0 saturated carbocycles. The Morgan fingerprint density at radius 3 is 2.40 bits per heavy atom. The lowest BCUT2D eigenvalue weighted by Gasteiger charge is -2.13. The zero-order valence-corrected chi connectivity index (χ0v) is 15.4. The van der Waals surface area contributed by atoms with Gasteiger partial charge in [0.1, 0.15) is 0 Å². The second kappa shape index (κ2) is 10.1. The van der Waals surface area contributed by atoms with Crippen molar-refractivity contribution in [3.63, 3.8) is 0 Å². The number of rotatable bonds is 10. The van der Waals surface area contributed by atoms with Crippen molar-refractivity contribution in [2.75, 3.05) is 26.9 Å². The van der Waals surface area contributed by atoms with Crippen molar-refractivity contribution >= 4 is 21.9 Å². The van der Waals surface area contributed by atoms with Crippen LogP contribution in [0, 0.1) is 0 Å². The zero-order valence-electron chi connectivity index (χ0n) is 14.6. The number of ether oxygens (including phenoxy) is 2. The maximum atomic E-state index is 12.2. The summed E-state index contributed by atoms with van der Waals surface area (Å²) in [6, 6.07) is 4.88. The molecular weight excluding hydrogens is 348 g/mol. The fourth-order valence-corrected chi connectivity index (χ4v) is 3.15. The lowest BCUT2D eigenvalue weighted by molar-refractivity contribution is -0.124. The summed E-state index contributed by atoms with van der Waals surface area (Å²) in [7, 11) is -2.23. The molecule has 9 heteroatoms. The molecule has 0 spiro atoms. The first kappa shape index (κ1) is 21.1. The van der Waals surface area contributed by atoms with Gasteiger partial charge in [-0.3, -0.25) is 4.79 Å². The molecule has 0 radical (unpaired) electrons. The third kappa shape index (κ3) is 7.20. The number of nitrogens with one attached hydrogen (secondary N) is 2. The third-order valence-electron chi connectivity index (χ3n) is 3.08. The van der Waals surface area contributed by atoms with Crippen LogP contribution in [0.5, 0.6) is 0 Å². The van der Waals surface area contributed by atoms with E-state index >= 15 is 0 Å². The lowest BCUT2D eigenvalue weighted by Crippen LogP contribution is -2.35. The highest BCUT2D eigenvalue weighted by atomic mass is 32.2. The largest absolute Gasteiger partial charge is 0.452 e. The van der Waals surface area contributed by atoms with Crippen molar-refractivity contribution in [2.45, 2.75) is 31.2 Å². The van der Waals surface area contributed by atoms with Gasteiger partial charge < -0.3 is 14.8 Å². The molecule has 1 atom stereocenters. The van der Waals surface area contributed by atoms with E-state index < -0.39 is 16.0 Å². The maximum Gasteiger partial charge on any atom is 0.338 e. The summed E-state index contributed by atoms with van der Waals surface area (Å²) in [6.07, 6.45) is 0.784. The molecule has 0 fully saturated rings. The van der Waals surface area contributed by atoms with Crippen LogP contribution in [0.4, 0.5) is 0 Å². The third-order valence-corrected chi connectivity index (χ3v) is 4.69. The zero-order chi connectivity index (χ0) is 18.9. The summed E-state index contributed by atoms with van der Waals surface area (Å²) in [5.41, 5.74) is 0.159. The second-order valence-corrected chi connectivity index (χ2v) is 7.14. The summed E-state index contributed by atoms with van der Waals surface area (Å²) in [6.45, 7) is 3.96. The summed E-state index contributed by atoms with van der Waals surface area (Å²) in [4.78, 5) is 23.3. The molecule has 0 bridgehead atoms. The van der Waals surface area contributed by atoms with Crippen LogP contribution in [0.3, 0.4) is 0 Å². The molecular formula is C16H24N2O6S. The first-order chi connectivity index (χ1) is 11.8. The van der Waals surface area contributed by atoms with Gasteiger partial charge in [-0.15, -0.1) is 0 Å². The Hall–Kier alpha value is -1.97. The van der Waals surface area contributed by atoms with Crippen molar-refractivity contribution < 1.29 is 27.5 Å². The van der Waals surface area contributed by atoms with E-state index in [-0.39, 0.29) is 35.6 Å². The van der Waals surface area contributed by atoms with Crippen molar-refractivity contribution in [1.29, 1.82) is 0 Å². The minimum Gasteiger partial charge on any atom is -0.452 e. The first-order valence-corrected chi connectivity index (χ1v) is 9.33. The van der Waals surface area contributed by atoms with E-state index in [1.807, 2.05) is 6.92 Å². The van der Waals surface area contributed by atoms with Gasteiger partial charge >= 0.3 is 5.97 Å². The SMILES string of the molecule is CCCNC(=O)COC(=O)c1ccc(S(=O)(=O)N[C@H](C)COC)cc1. The van der Waals surface area contributed by atoms with Gasteiger partial charge in [0.05, 0.1) is 17.1 Å². The van der Waals surface area contributed by atoms with Crippen LogP contribution in [0.1, 0.15) is 30.6 Å². The van der Waals surface area contributed by atoms with Crippen molar-refractivity contribution in [3.05, 3.63) is 29.8 Å². The topological polar surface area (TPSA) is 111 Å². The highest BCUT2D eigenvalue weighted by molar-refractivity contribution is 7.89. The number of methoxy groups -OCH3 is 1. The molecule has 140 valence electrons. The van der Waals surface area contributed by atoms with Gasteiger partial charge in [0.15, 0.2) is 6.61 Å². The highest BCUT2D eigenvalue weighted by Crippen LogP contribution is 2.12. The Kier molecular flexibility index (Phi) is 8.53. The van der Waals surface area contributed by atoms with Gasteiger partial charge in [-0.05, 0) is 37.6 Å². The Balaban J connectivity index is 2.66. The van der Waals surface area contributed by atoms with Gasteiger partial charge in [-0.25, -0.2) is 17.9 Å². The molecule has 0 saturated heterocycles. The van der Waals surface area contributed by atoms with Gasteiger partial charge in [0, 0.05) is 19.7 Å². The van der Waals surface area contributed by atoms with Gasteiger partial charge in [0.2, 0.25) is 10.0 Å². The fraction of sp³-hybridized carbons (Fsp3) is 0.500. The van der Waals surface area contributed by atoms with Gasteiger partial charge in [0.25, 0.3) is 5.91 Å². The molecule has 8 nitrogen and oxygen atoms in total. The molecule has 0 aliphatic heterocycles. The van der Waals surface area contributed by atoms with E-state index in [2.05, 4.69) is 10.0 Å². The van der Waals surface area contributed by atoms with Crippen molar-refractivity contribution in [2.24, 2.45) is 0 Å². The average molecular weight is 372 g/mol. The van der Waals surface area contributed by atoms with E-state index in [4.69, 9.17) is 9.47 Å². The molecule has 0 aliphatic rings. The Morgan fingerprint density at radius 1 is 1.20 bits per heavy atom. The van der Waals surface area contributed by atoms with Crippen molar-refractivity contribution in [3.8, 4) is 0 Å². The Morgan fingerprint density at radius 2 is 1.84 bits per heavy atom. The average Bonchev–Trinajstić information content (AvgIpc) is 2.57. The smallest absolute Gasteiger partial charge is 0.338 e. The van der Waals surface area contributed by atoms with Crippen LogP contribution in [0.25, 0.3) is 0 Å². The summed E-state index contributed by atoms with van der Waals surface area (Å²) >= 11 is 0. The number of hydrogen-bond acceptors (Lipinski definition) is 6. The van der Waals surface area contributed by atoms with E-state index in [0.717, 1.165) is 6.42 Å². The summed E-state index contributed by atoms with van der Waals surface area (Å²) in [5, 5.41) is 2.58. The number of carbonyl (C=O) groups excluding carboxylic acids is 2. The molecule has 1 amide bonds. The fourth-order valence-electron chi connectivity index (χ4n) is 1.92. The maximum absolute atomic E-state index is 12.2. The van der Waals surface area contributed by atoms with Gasteiger partial charge in [-0.1, -0.05) is 6.92 Å². The minimum atomic E-state index is -3.71. The highest BCUT2D eigenvalue weighted by Gasteiger charge is 2.18.